The van der Waals surface area contributed by atoms with E-state index in [4.69, 9.17) is 0 Å². The summed E-state index contributed by atoms with van der Waals surface area (Å²) in [6.45, 7) is 3.14. The number of benzene rings is 1. The average Bonchev–Trinajstić information content (AvgIpc) is 3.11. The standard InChI is InChI=1S/C17H19N3O2S/c21-15(16-7-4-12-23-16)13-19-8-10-20(11-9-19)17(22)18-14-5-2-1-3-6-14/h1-7,12H,8-11,13H2,(H,18,22). The van der Waals surface area contributed by atoms with Gasteiger partial charge >= 0.3 is 6.03 Å². The van der Waals surface area contributed by atoms with Gasteiger partial charge in [0.05, 0.1) is 11.4 Å². The van der Waals surface area contributed by atoms with E-state index in [2.05, 4.69) is 10.2 Å². The second-order valence-electron chi connectivity index (χ2n) is 5.46. The van der Waals surface area contributed by atoms with Crippen LogP contribution in [0.15, 0.2) is 47.8 Å². The van der Waals surface area contributed by atoms with E-state index in [0.717, 1.165) is 23.7 Å². The van der Waals surface area contributed by atoms with Crippen molar-refractivity contribution >= 4 is 28.8 Å². The Kier molecular flexibility index (Phi) is 5.05. The van der Waals surface area contributed by atoms with E-state index < -0.39 is 0 Å². The van der Waals surface area contributed by atoms with Gasteiger partial charge in [-0.1, -0.05) is 24.3 Å². The third kappa shape index (κ3) is 4.18. The molecule has 0 unspecified atom stereocenters. The number of anilines is 1. The number of amides is 2. The number of para-hydroxylation sites is 1. The highest BCUT2D eigenvalue weighted by Crippen LogP contribution is 2.12. The van der Waals surface area contributed by atoms with Crippen molar-refractivity contribution in [1.82, 2.24) is 9.80 Å². The number of nitrogens with one attached hydrogen (secondary N) is 1. The average molecular weight is 329 g/mol. The first-order chi connectivity index (χ1) is 11.2. The Balaban J connectivity index is 1.46. The van der Waals surface area contributed by atoms with Crippen LogP contribution in [0.2, 0.25) is 0 Å². The number of thiophene rings is 1. The van der Waals surface area contributed by atoms with Gasteiger partial charge in [0.25, 0.3) is 0 Å². The summed E-state index contributed by atoms with van der Waals surface area (Å²) in [5.41, 5.74) is 0.799. The van der Waals surface area contributed by atoms with Crippen LogP contribution in [0.3, 0.4) is 0 Å². The van der Waals surface area contributed by atoms with Gasteiger partial charge in [-0.3, -0.25) is 9.69 Å². The van der Waals surface area contributed by atoms with Crippen molar-refractivity contribution in [3.63, 3.8) is 0 Å². The molecule has 1 aliphatic heterocycles. The van der Waals surface area contributed by atoms with Gasteiger partial charge in [0, 0.05) is 31.9 Å². The van der Waals surface area contributed by atoms with Crippen molar-refractivity contribution in [3.8, 4) is 0 Å². The smallest absolute Gasteiger partial charge is 0.321 e. The van der Waals surface area contributed by atoms with E-state index in [1.54, 1.807) is 4.90 Å². The number of hydrogen-bond donors (Lipinski definition) is 1. The zero-order chi connectivity index (χ0) is 16.1. The molecule has 2 heterocycles. The molecule has 1 aromatic carbocycles. The van der Waals surface area contributed by atoms with Gasteiger partial charge in [0.15, 0.2) is 5.78 Å². The van der Waals surface area contributed by atoms with Crippen molar-refractivity contribution in [2.75, 3.05) is 38.0 Å². The predicted molar refractivity (Wildman–Crippen MR) is 92.1 cm³/mol. The van der Waals surface area contributed by atoms with Crippen LogP contribution in [0, 0.1) is 0 Å². The lowest BCUT2D eigenvalue weighted by Gasteiger charge is -2.34. The Bertz CT molecular complexity index is 650. The Hall–Kier alpha value is -2.18. The summed E-state index contributed by atoms with van der Waals surface area (Å²) in [4.78, 5) is 29.0. The van der Waals surface area contributed by atoms with E-state index in [1.165, 1.54) is 11.3 Å². The number of hydrogen-bond acceptors (Lipinski definition) is 4. The number of piperazine rings is 1. The molecule has 2 amide bonds. The maximum Gasteiger partial charge on any atom is 0.321 e. The maximum atomic E-state index is 12.2. The molecule has 3 rings (SSSR count). The minimum atomic E-state index is -0.0829. The quantitative estimate of drug-likeness (QED) is 0.878. The lowest BCUT2D eigenvalue weighted by atomic mass is 10.2. The number of carbonyl (C=O) groups excluding carboxylic acids is 2. The van der Waals surface area contributed by atoms with Gasteiger partial charge in [0.1, 0.15) is 0 Å². The fraction of sp³-hybridized carbons (Fsp3) is 0.294. The summed E-state index contributed by atoms with van der Waals surface area (Å²) < 4.78 is 0. The SMILES string of the molecule is O=C(CN1CCN(C(=O)Nc2ccccc2)CC1)c1cccs1. The largest absolute Gasteiger partial charge is 0.322 e. The molecule has 0 aliphatic carbocycles. The van der Waals surface area contributed by atoms with Crippen molar-refractivity contribution in [2.45, 2.75) is 0 Å². The first-order valence-electron chi connectivity index (χ1n) is 7.62. The molecule has 0 atom stereocenters. The molecule has 23 heavy (non-hydrogen) atoms. The summed E-state index contributed by atoms with van der Waals surface area (Å²) in [6, 6.07) is 13.1. The van der Waals surface area contributed by atoms with Crippen molar-refractivity contribution in [1.29, 1.82) is 0 Å². The second-order valence-corrected chi connectivity index (χ2v) is 6.41. The highest BCUT2D eigenvalue weighted by Gasteiger charge is 2.23. The molecular weight excluding hydrogens is 310 g/mol. The van der Waals surface area contributed by atoms with Gasteiger partial charge in [0.2, 0.25) is 0 Å². The lowest BCUT2D eigenvalue weighted by molar-refractivity contribution is 0.0887. The third-order valence-electron chi connectivity index (χ3n) is 3.85. The fourth-order valence-electron chi connectivity index (χ4n) is 2.55. The van der Waals surface area contributed by atoms with Gasteiger partial charge in [-0.15, -0.1) is 11.3 Å². The minimum Gasteiger partial charge on any atom is -0.322 e. The Morgan fingerprint density at radius 2 is 1.74 bits per heavy atom. The molecule has 0 spiro atoms. The van der Waals surface area contributed by atoms with Crippen LogP contribution in [-0.4, -0.2) is 54.3 Å². The van der Waals surface area contributed by atoms with Gasteiger partial charge < -0.3 is 10.2 Å². The zero-order valence-corrected chi connectivity index (χ0v) is 13.6. The van der Waals surface area contributed by atoms with Crippen LogP contribution in [0.5, 0.6) is 0 Å². The van der Waals surface area contributed by atoms with Gasteiger partial charge in [-0.05, 0) is 23.6 Å². The first kappa shape index (κ1) is 15.7. The molecular formula is C17H19N3O2S. The van der Waals surface area contributed by atoms with Crippen molar-refractivity contribution in [3.05, 3.63) is 52.7 Å². The molecule has 1 N–H and O–H groups in total. The number of urea groups is 1. The highest BCUT2D eigenvalue weighted by molar-refractivity contribution is 7.12. The molecule has 0 saturated carbocycles. The maximum absolute atomic E-state index is 12.2. The molecule has 120 valence electrons. The van der Waals surface area contributed by atoms with E-state index >= 15 is 0 Å². The number of rotatable bonds is 4. The first-order valence-corrected chi connectivity index (χ1v) is 8.50. The molecule has 0 bridgehead atoms. The molecule has 1 saturated heterocycles. The number of Topliss-reactive ketones (excluding diaryl/α,β-unsaturated/α-hetero) is 1. The summed E-state index contributed by atoms with van der Waals surface area (Å²) in [6.07, 6.45) is 0. The van der Waals surface area contributed by atoms with Crippen LogP contribution >= 0.6 is 11.3 Å². The van der Waals surface area contributed by atoms with Crippen LogP contribution in [-0.2, 0) is 0 Å². The van der Waals surface area contributed by atoms with Gasteiger partial charge in [-0.2, -0.15) is 0 Å². The number of ketones is 1. The van der Waals surface area contributed by atoms with Crippen LogP contribution in [0.25, 0.3) is 0 Å². The molecule has 1 aromatic heterocycles. The normalized spacial score (nSPS) is 15.4. The summed E-state index contributed by atoms with van der Waals surface area (Å²) >= 11 is 1.48. The summed E-state index contributed by atoms with van der Waals surface area (Å²) in [5.74, 6) is 0.155. The number of nitrogens with zero attached hydrogens (tertiary/aromatic N) is 2. The summed E-state index contributed by atoms with van der Waals surface area (Å²) in [5, 5.41) is 4.81. The van der Waals surface area contributed by atoms with Crippen LogP contribution in [0.4, 0.5) is 10.5 Å². The lowest BCUT2D eigenvalue weighted by Crippen LogP contribution is -2.51. The third-order valence-corrected chi connectivity index (χ3v) is 4.76. The number of carbonyl (C=O) groups is 2. The van der Waals surface area contributed by atoms with E-state index in [-0.39, 0.29) is 11.8 Å². The van der Waals surface area contributed by atoms with E-state index in [1.807, 2.05) is 47.8 Å². The highest BCUT2D eigenvalue weighted by atomic mass is 32.1. The Morgan fingerprint density at radius 3 is 2.39 bits per heavy atom. The fourth-order valence-corrected chi connectivity index (χ4v) is 3.21. The monoisotopic (exact) mass is 329 g/mol. The van der Waals surface area contributed by atoms with Crippen LogP contribution < -0.4 is 5.32 Å². The van der Waals surface area contributed by atoms with Crippen LogP contribution in [0.1, 0.15) is 9.67 Å². The zero-order valence-electron chi connectivity index (χ0n) is 12.8. The van der Waals surface area contributed by atoms with Crippen molar-refractivity contribution in [2.24, 2.45) is 0 Å². The predicted octanol–water partition coefficient (Wildman–Crippen LogP) is 2.78. The topological polar surface area (TPSA) is 52.7 Å². The van der Waals surface area contributed by atoms with Crippen molar-refractivity contribution < 1.29 is 9.59 Å². The second kappa shape index (κ2) is 7.39. The molecule has 1 aliphatic rings. The Morgan fingerprint density at radius 1 is 1.00 bits per heavy atom. The summed E-state index contributed by atoms with van der Waals surface area (Å²) in [7, 11) is 0. The molecule has 0 radical (unpaired) electrons. The van der Waals surface area contributed by atoms with E-state index in [0.29, 0.717) is 19.6 Å². The molecule has 2 aromatic rings. The molecule has 5 nitrogen and oxygen atoms in total. The van der Waals surface area contributed by atoms with E-state index in [9.17, 15) is 9.59 Å². The molecule has 6 heteroatoms. The Labute approximate surface area is 139 Å². The minimum absolute atomic E-state index is 0.0829. The van der Waals surface area contributed by atoms with Gasteiger partial charge in [-0.25, -0.2) is 4.79 Å². The molecule has 1 fully saturated rings.